The summed E-state index contributed by atoms with van der Waals surface area (Å²) in [5, 5.41) is 3.01. The van der Waals surface area contributed by atoms with Crippen LogP contribution in [0.15, 0.2) is 23.1 Å². The third-order valence-electron chi connectivity index (χ3n) is 4.98. The molecule has 1 aliphatic rings. The SMILES string of the molecule is CCCCCC(C)NC(=O)C1CCN(S(=O)(=O)c2ccc(F)c(F)c2)CC1. The average Bonchev–Trinajstić information content (AvgIpc) is 2.64. The van der Waals surface area contributed by atoms with Gasteiger partial charge in [0, 0.05) is 25.0 Å². The number of carbonyl (C=O) groups excluding carboxylic acids is 1. The smallest absolute Gasteiger partial charge is 0.243 e. The molecular formula is C19H28F2N2O3S. The molecule has 1 fully saturated rings. The molecule has 1 N–H and O–H groups in total. The van der Waals surface area contributed by atoms with Crippen LogP contribution >= 0.6 is 0 Å². The van der Waals surface area contributed by atoms with Crippen molar-refractivity contribution < 1.29 is 22.0 Å². The van der Waals surface area contributed by atoms with E-state index in [2.05, 4.69) is 12.2 Å². The van der Waals surface area contributed by atoms with Crippen LogP contribution in [0.1, 0.15) is 52.4 Å². The molecule has 1 heterocycles. The summed E-state index contributed by atoms with van der Waals surface area (Å²) in [5.74, 6) is -2.54. The Morgan fingerprint density at radius 2 is 1.89 bits per heavy atom. The van der Waals surface area contributed by atoms with E-state index in [4.69, 9.17) is 0 Å². The maximum Gasteiger partial charge on any atom is 0.243 e. The highest BCUT2D eigenvalue weighted by Crippen LogP contribution is 2.25. The number of hydrogen-bond donors (Lipinski definition) is 1. The number of hydrogen-bond acceptors (Lipinski definition) is 3. The van der Waals surface area contributed by atoms with Crippen molar-refractivity contribution in [2.24, 2.45) is 5.92 Å². The lowest BCUT2D eigenvalue weighted by atomic mass is 9.96. The summed E-state index contributed by atoms with van der Waals surface area (Å²) >= 11 is 0. The Hall–Kier alpha value is -1.54. The van der Waals surface area contributed by atoms with E-state index in [1.54, 1.807) is 0 Å². The Morgan fingerprint density at radius 3 is 2.48 bits per heavy atom. The lowest BCUT2D eigenvalue weighted by Gasteiger charge is -2.31. The largest absolute Gasteiger partial charge is 0.353 e. The number of nitrogens with zero attached hydrogens (tertiary/aromatic N) is 1. The molecule has 5 nitrogen and oxygen atoms in total. The van der Waals surface area contributed by atoms with E-state index in [0.29, 0.717) is 18.9 Å². The highest BCUT2D eigenvalue weighted by Gasteiger charge is 2.32. The highest BCUT2D eigenvalue weighted by molar-refractivity contribution is 7.89. The van der Waals surface area contributed by atoms with E-state index < -0.39 is 21.7 Å². The maximum absolute atomic E-state index is 13.4. The summed E-state index contributed by atoms with van der Waals surface area (Å²) < 4.78 is 52.8. The van der Waals surface area contributed by atoms with Gasteiger partial charge in [0.1, 0.15) is 0 Å². The van der Waals surface area contributed by atoms with E-state index in [1.165, 1.54) is 4.31 Å². The first-order valence-corrected chi connectivity index (χ1v) is 10.9. The van der Waals surface area contributed by atoms with Gasteiger partial charge in [-0.1, -0.05) is 26.2 Å². The molecule has 1 amide bonds. The quantitative estimate of drug-likeness (QED) is 0.678. The molecule has 0 aliphatic carbocycles. The predicted octanol–water partition coefficient (Wildman–Crippen LogP) is 3.45. The number of halogens is 2. The van der Waals surface area contributed by atoms with Crippen LogP contribution in [0.25, 0.3) is 0 Å². The molecule has 1 saturated heterocycles. The second-order valence-electron chi connectivity index (χ2n) is 7.16. The molecule has 0 spiro atoms. The molecule has 1 aromatic rings. The van der Waals surface area contributed by atoms with Crippen LogP contribution in [0.4, 0.5) is 8.78 Å². The van der Waals surface area contributed by atoms with Gasteiger partial charge in [-0.15, -0.1) is 0 Å². The summed E-state index contributed by atoms with van der Waals surface area (Å²) in [4.78, 5) is 12.1. The van der Waals surface area contributed by atoms with Crippen LogP contribution < -0.4 is 5.32 Å². The Balaban J connectivity index is 1.90. The standard InChI is InChI=1S/C19H28F2N2O3S/c1-3-4-5-6-14(2)22-19(24)15-9-11-23(12-10-15)27(25,26)16-7-8-17(20)18(21)13-16/h7-8,13-15H,3-6,9-12H2,1-2H3,(H,22,24). The van der Waals surface area contributed by atoms with Gasteiger partial charge in [-0.3, -0.25) is 4.79 Å². The molecule has 0 saturated carbocycles. The molecule has 0 aromatic heterocycles. The average molecular weight is 403 g/mol. The Bertz CT molecular complexity index is 747. The van der Waals surface area contributed by atoms with Gasteiger partial charge in [0.25, 0.3) is 0 Å². The van der Waals surface area contributed by atoms with Crippen LogP contribution in [0.3, 0.4) is 0 Å². The fourth-order valence-corrected chi connectivity index (χ4v) is 4.76. The third-order valence-corrected chi connectivity index (χ3v) is 6.88. The number of piperidine rings is 1. The van der Waals surface area contributed by atoms with Gasteiger partial charge >= 0.3 is 0 Å². The second-order valence-corrected chi connectivity index (χ2v) is 9.10. The predicted molar refractivity (Wildman–Crippen MR) is 99.6 cm³/mol. The molecule has 1 unspecified atom stereocenters. The van der Waals surface area contributed by atoms with Crippen molar-refractivity contribution in [2.45, 2.75) is 63.3 Å². The fourth-order valence-electron chi connectivity index (χ4n) is 3.28. The van der Waals surface area contributed by atoms with Gasteiger partial charge in [-0.2, -0.15) is 4.31 Å². The summed E-state index contributed by atoms with van der Waals surface area (Å²) in [7, 11) is -3.89. The lowest BCUT2D eigenvalue weighted by molar-refractivity contribution is -0.126. The van der Waals surface area contributed by atoms with Crippen molar-refractivity contribution in [2.75, 3.05) is 13.1 Å². The van der Waals surface area contributed by atoms with Gasteiger partial charge in [0.05, 0.1) is 4.90 Å². The number of nitrogens with one attached hydrogen (secondary N) is 1. The number of rotatable bonds is 8. The van der Waals surface area contributed by atoms with Crippen molar-refractivity contribution in [3.05, 3.63) is 29.8 Å². The highest BCUT2D eigenvalue weighted by atomic mass is 32.2. The summed E-state index contributed by atoms with van der Waals surface area (Å²) in [6, 6.07) is 2.67. The van der Waals surface area contributed by atoms with Crippen LogP contribution in [0.2, 0.25) is 0 Å². The summed E-state index contributed by atoms with van der Waals surface area (Å²) in [5.41, 5.74) is 0. The molecule has 0 bridgehead atoms. The number of sulfonamides is 1. The minimum Gasteiger partial charge on any atom is -0.353 e. The Morgan fingerprint density at radius 1 is 1.22 bits per heavy atom. The molecule has 152 valence electrons. The summed E-state index contributed by atoms with van der Waals surface area (Å²) in [6.45, 7) is 4.48. The first-order valence-electron chi connectivity index (χ1n) is 9.51. The van der Waals surface area contributed by atoms with E-state index in [1.807, 2.05) is 6.92 Å². The number of benzene rings is 1. The lowest BCUT2D eigenvalue weighted by Crippen LogP contribution is -2.44. The maximum atomic E-state index is 13.4. The number of unbranched alkanes of at least 4 members (excludes halogenated alkanes) is 2. The zero-order valence-electron chi connectivity index (χ0n) is 15.9. The van der Waals surface area contributed by atoms with Crippen molar-refractivity contribution in [3.63, 3.8) is 0 Å². The second kappa shape index (κ2) is 9.59. The minimum absolute atomic E-state index is 0.0381. The van der Waals surface area contributed by atoms with Gasteiger partial charge in [0.15, 0.2) is 11.6 Å². The Labute approximate surface area is 160 Å². The van der Waals surface area contributed by atoms with Gasteiger partial charge in [-0.25, -0.2) is 17.2 Å². The molecule has 8 heteroatoms. The molecule has 1 aromatic carbocycles. The molecule has 1 aliphatic heterocycles. The monoisotopic (exact) mass is 402 g/mol. The van der Waals surface area contributed by atoms with E-state index >= 15 is 0 Å². The first-order chi connectivity index (χ1) is 12.8. The topological polar surface area (TPSA) is 66.5 Å². The van der Waals surface area contributed by atoms with Crippen LogP contribution in [0, 0.1) is 17.6 Å². The van der Waals surface area contributed by atoms with E-state index in [9.17, 15) is 22.0 Å². The number of carbonyl (C=O) groups is 1. The zero-order valence-corrected chi connectivity index (χ0v) is 16.7. The number of amides is 1. The van der Waals surface area contributed by atoms with Crippen LogP contribution in [0.5, 0.6) is 0 Å². The van der Waals surface area contributed by atoms with E-state index in [-0.39, 0.29) is 35.9 Å². The molecular weight excluding hydrogens is 374 g/mol. The molecule has 2 rings (SSSR count). The van der Waals surface area contributed by atoms with Crippen LogP contribution in [-0.4, -0.2) is 37.8 Å². The first kappa shape index (κ1) is 21.8. The van der Waals surface area contributed by atoms with Gasteiger partial charge in [-0.05, 0) is 44.4 Å². The molecule has 27 heavy (non-hydrogen) atoms. The van der Waals surface area contributed by atoms with Crippen molar-refractivity contribution in [1.82, 2.24) is 9.62 Å². The van der Waals surface area contributed by atoms with Crippen molar-refractivity contribution in [3.8, 4) is 0 Å². The van der Waals surface area contributed by atoms with E-state index in [0.717, 1.165) is 37.8 Å². The van der Waals surface area contributed by atoms with Crippen molar-refractivity contribution >= 4 is 15.9 Å². The minimum atomic E-state index is -3.89. The normalized spacial score (nSPS) is 17.6. The van der Waals surface area contributed by atoms with Crippen LogP contribution in [-0.2, 0) is 14.8 Å². The van der Waals surface area contributed by atoms with Crippen molar-refractivity contribution in [1.29, 1.82) is 0 Å². The van der Waals surface area contributed by atoms with Gasteiger partial charge in [0.2, 0.25) is 15.9 Å². The zero-order chi connectivity index (χ0) is 20.0. The van der Waals surface area contributed by atoms with Gasteiger partial charge < -0.3 is 5.32 Å². The summed E-state index contributed by atoms with van der Waals surface area (Å²) in [6.07, 6.45) is 5.10. The Kier molecular flexibility index (Phi) is 7.73. The third kappa shape index (κ3) is 5.72. The molecule has 1 atom stereocenters. The molecule has 0 radical (unpaired) electrons. The fraction of sp³-hybridized carbons (Fsp3) is 0.632.